The molecule has 9 heteroatoms. The van der Waals surface area contributed by atoms with Gasteiger partial charge in [0.15, 0.2) is 18.2 Å². The summed E-state index contributed by atoms with van der Waals surface area (Å²) >= 11 is 0. The summed E-state index contributed by atoms with van der Waals surface area (Å²) < 4.78 is 27.0. The highest BCUT2D eigenvalue weighted by Crippen LogP contribution is 2.45. The van der Waals surface area contributed by atoms with Crippen LogP contribution in [0.2, 0.25) is 0 Å². The van der Waals surface area contributed by atoms with E-state index >= 15 is 4.39 Å². The van der Waals surface area contributed by atoms with Crippen molar-refractivity contribution in [1.82, 2.24) is 0 Å². The van der Waals surface area contributed by atoms with Crippen molar-refractivity contribution in [3.63, 3.8) is 0 Å². The van der Waals surface area contributed by atoms with Gasteiger partial charge in [0.1, 0.15) is 12.2 Å². The first-order valence-corrected chi connectivity index (χ1v) is 11.4. The fourth-order valence-corrected chi connectivity index (χ4v) is 4.52. The maximum Gasteiger partial charge on any atom is 0.218 e. The molecule has 8 nitrogen and oxygen atoms in total. The predicted molar refractivity (Wildman–Crippen MR) is 129 cm³/mol. The molecule has 1 fully saturated rings. The molecule has 37 heavy (non-hydrogen) atoms. The molecule has 3 aromatic carbocycles. The lowest BCUT2D eigenvalue weighted by Gasteiger charge is -2.52. The van der Waals surface area contributed by atoms with Crippen molar-refractivity contribution >= 4 is 17.3 Å². The summed E-state index contributed by atoms with van der Waals surface area (Å²) in [5, 5.41) is 34.4. The molecule has 1 heterocycles. The van der Waals surface area contributed by atoms with Gasteiger partial charge in [-0.05, 0) is 0 Å². The van der Waals surface area contributed by atoms with E-state index in [0.29, 0.717) is 0 Å². The van der Waals surface area contributed by atoms with Gasteiger partial charge in [0.05, 0.1) is 0 Å². The predicted octanol–water partition coefficient (Wildman–Crippen LogP) is 2.17. The molecule has 1 unspecified atom stereocenters. The number of methoxy groups -OCH3 is 1. The average Bonchev–Trinajstić information content (AvgIpc) is 2.95. The van der Waals surface area contributed by atoms with Crippen molar-refractivity contribution in [2.24, 2.45) is 0 Å². The molecule has 192 valence electrons. The van der Waals surface area contributed by atoms with Gasteiger partial charge < -0.3 is 24.8 Å². The molecule has 1 aliphatic rings. The Balaban J connectivity index is 1.86. The molecule has 1 aliphatic heterocycles. The van der Waals surface area contributed by atoms with Crippen LogP contribution in [0.5, 0.6) is 0 Å². The Morgan fingerprint density at radius 1 is 0.784 bits per heavy atom. The zero-order valence-corrected chi connectivity index (χ0v) is 19.7. The van der Waals surface area contributed by atoms with Crippen LogP contribution < -0.4 is 0 Å². The number of hydrogen-bond acceptors (Lipinski definition) is 8. The number of alkyl halides is 1. The van der Waals surface area contributed by atoms with Crippen LogP contribution in [0.4, 0.5) is 4.39 Å². The second-order valence-corrected chi connectivity index (χ2v) is 8.67. The number of hydrogen-bond donors (Lipinski definition) is 3. The van der Waals surface area contributed by atoms with E-state index in [4.69, 9.17) is 9.47 Å². The summed E-state index contributed by atoms with van der Waals surface area (Å²) in [5.41, 5.74) is -7.21. The first-order valence-electron chi connectivity index (χ1n) is 11.4. The van der Waals surface area contributed by atoms with Gasteiger partial charge in [-0.1, -0.05) is 91.0 Å². The van der Waals surface area contributed by atoms with E-state index in [1.807, 2.05) is 0 Å². The Kier molecular flexibility index (Phi) is 7.44. The van der Waals surface area contributed by atoms with Crippen molar-refractivity contribution in [3.05, 3.63) is 108 Å². The van der Waals surface area contributed by atoms with E-state index in [0.717, 1.165) is 7.11 Å². The standard InChI is InChI=1S/C28H25FO8/c1-36-26-28(35,25(33)19-15-9-4-10-16-19)27(34,24(32)18-13-7-3-8-14-18)23(29)22(37-26)21(31)20(30)17-11-5-2-6-12-17/h2-16,21-23,26,31,34-35H,1H3/t21?,22-,23-,26+,27-,28+/m1/s1. The fraction of sp³-hybridized carbons (Fsp3) is 0.250. The quantitative estimate of drug-likeness (QED) is 0.395. The minimum atomic E-state index is -3.52. The highest BCUT2D eigenvalue weighted by Gasteiger charge is 2.74. The number of aliphatic hydroxyl groups excluding tert-OH is 1. The molecule has 0 amide bonds. The van der Waals surface area contributed by atoms with Crippen LogP contribution in [0.15, 0.2) is 91.0 Å². The lowest BCUT2D eigenvalue weighted by atomic mass is 9.66. The van der Waals surface area contributed by atoms with Gasteiger partial charge in [-0.15, -0.1) is 0 Å². The minimum absolute atomic E-state index is 0.0129. The molecule has 0 aliphatic carbocycles. The molecule has 0 saturated carbocycles. The van der Waals surface area contributed by atoms with Gasteiger partial charge >= 0.3 is 0 Å². The largest absolute Gasteiger partial charge is 0.382 e. The molecular weight excluding hydrogens is 483 g/mol. The zero-order chi connectivity index (χ0) is 26.8. The smallest absolute Gasteiger partial charge is 0.218 e. The molecule has 0 spiro atoms. The molecule has 0 radical (unpaired) electrons. The van der Waals surface area contributed by atoms with Crippen LogP contribution in [0.25, 0.3) is 0 Å². The number of ether oxygens (including phenoxy) is 2. The van der Waals surface area contributed by atoms with E-state index < -0.39 is 53.2 Å². The molecule has 1 saturated heterocycles. The van der Waals surface area contributed by atoms with Crippen LogP contribution in [-0.2, 0) is 9.47 Å². The summed E-state index contributed by atoms with van der Waals surface area (Å²) in [5.74, 6) is -3.57. The number of aliphatic hydroxyl groups is 3. The second kappa shape index (κ2) is 10.4. The number of carbonyl (C=O) groups excluding carboxylic acids is 3. The Hall–Kier alpha value is -3.60. The maximum absolute atomic E-state index is 16.4. The van der Waals surface area contributed by atoms with Crippen molar-refractivity contribution in [2.45, 2.75) is 35.9 Å². The number of carbonyl (C=O) groups is 3. The summed E-state index contributed by atoms with van der Waals surface area (Å²) in [7, 11) is 1.00. The van der Waals surface area contributed by atoms with Crippen molar-refractivity contribution in [1.29, 1.82) is 0 Å². The molecule has 3 aromatic rings. The van der Waals surface area contributed by atoms with Crippen molar-refractivity contribution in [2.75, 3.05) is 7.11 Å². The van der Waals surface area contributed by atoms with Gasteiger partial charge in [0.2, 0.25) is 22.8 Å². The summed E-state index contributed by atoms with van der Waals surface area (Å²) in [6.45, 7) is 0. The first-order chi connectivity index (χ1) is 17.7. The van der Waals surface area contributed by atoms with Gasteiger partial charge in [-0.3, -0.25) is 14.4 Å². The van der Waals surface area contributed by atoms with Gasteiger partial charge in [0, 0.05) is 23.8 Å². The van der Waals surface area contributed by atoms with Crippen LogP contribution in [0.3, 0.4) is 0 Å². The van der Waals surface area contributed by atoms with E-state index in [-0.39, 0.29) is 16.7 Å². The van der Waals surface area contributed by atoms with Crippen LogP contribution in [0.1, 0.15) is 31.1 Å². The lowest BCUT2D eigenvalue weighted by molar-refractivity contribution is -0.330. The molecular formula is C28H25FO8. The Morgan fingerprint density at radius 2 is 1.19 bits per heavy atom. The van der Waals surface area contributed by atoms with E-state index in [9.17, 15) is 29.7 Å². The van der Waals surface area contributed by atoms with Gasteiger partial charge in [-0.25, -0.2) is 4.39 Å². The van der Waals surface area contributed by atoms with E-state index in [1.165, 1.54) is 72.8 Å². The van der Waals surface area contributed by atoms with Crippen LogP contribution in [-0.4, -0.2) is 75.7 Å². The van der Waals surface area contributed by atoms with Crippen molar-refractivity contribution in [3.8, 4) is 0 Å². The lowest BCUT2D eigenvalue weighted by Crippen LogP contribution is -2.80. The highest BCUT2D eigenvalue weighted by atomic mass is 19.1. The maximum atomic E-state index is 16.4. The normalized spacial score (nSPS) is 28.3. The molecule has 4 rings (SSSR count). The Morgan fingerprint density at radius 3 is 1.62 bits per heavy atom. The molecule has 0 aromatic heterocycles. The molecule has 6 atom stereocenters. The number of Topliss-reactive ketones (excluding diaryl/α,β-unsaturated/α-hetero) is 3. The fourth-order valence-electron chi connectivity index (χ4n) is 4.52. The monoisotopic (exact) mass is 508 g/mol. The third-order valence-electron chi connectivity index (χ3n) is 6.51. The minimum Gasteiger partial charge on any atom is -0.382 e. The van der Waals surface area contributed by atoms with Crippen molar-refractivity contribution < 1.29 is 43.6 Å². The van der Waals surface area contributed by atoms with Gasteiger partial charge in [0.25, 0.3) is 0 Å². The highest BCUT2D eigenvalue weighted by molar-refractivity contribution is 6.13. The van der Waals surface area contributed by atoms with Crippen LogP contribution in [0, 0.1) is 0 Å². The molecule has 3 N–H and O–H groups in total. The average molecular weight is 508 g/mol. The topological polar surface area (TPSA) is 130 Å². The van der Waals surface area contributed by atoms with E-state index in [2.05, 4.69) is 0 Å². The zero-order valence-electron chi connectivity index (χ0n) is 19.7. The third kappa shape index (κ3) is 4.30. The SMILES string of the molecule is CO[C@H]1O[C@H](C(O)C(=O)c2ccccc2)[C@@H](F)[C@@](O)(C(=O)c2ccccc2)[C@]1(O)C(=O)c1ccccc1. The van der Waals surface area contributed by atoms with Gasteiger partial charge in [-0.2, -0.15) is 0 Å². The summed E-state index contributed by atoms with van der Waals surface area (Å²) in [6, 6.07) is 21.6. The number of benzene rings is 3. The van der Waals surface area contributed by atoms with E-state index in [1.54, 1.807) is 18.2 Å². The number of ketones is 3. The third-order valence-corrected chi connectivity index (χ3v) is 6.51. The summed E-state index contributed by atoms with van der Waals surface area (Å²) in [4.78, 5) is 40.2. The Bertz CT molecular complexity index is 1270. The number of halogens is 1. The second-order valence-electron chi connectivity index (χ2n) is 8.67. The Labute approximate surface area is 211 Å². The molecule has 0 bridgehead atoms. The number of rotatable bonds is 8. The van der Waals surface area contributed by atoms with Crippen LogP contribution >= 0.6 is 0 Å². The first kappa shape index (κ1) is 26.5. The summed E-state index contributed by atoms with van der Waals surface area (Å²) in [6.07, 6.45) is -9.49.